The molecule has 0 aromatic carbocycles. The van der Waals surface area contributed by atoms with Crippen LogP contribution in [0.5, 0.6) is 0 Å². The van der Waals surface area contributed by atoms with E-state index in [4.69, 9.17) is 4.74 Å². The van der Waals surface area contributed by atoms with E-state index in [0.717, 1.165) is 19.4 Å². The molecule has 72 valence electrons. The Labute approximate surface area is 74.5 Å². The van der Waals surface area contributed by atoms with Crippen LogP contribution in [0.15, 0.2) is 0 Å². The van der Waals surface area contributed by atoms with Gasteiger partial charge >= 0.3 is 0 Å². The lowest BCUT2D eigenvalue weighted by Crippen LogP contribution is -2.53. The quantitative estimate of drug-likeness (QED) is 0.479. The molecule has 0 aliphatic carbocycles. The smallest absolute Gasteiger partial charge is 0.105 e. The average Bonchev–Trinajstić information content (AvgIpc) is 2.01. The maximum Gasteiger partial charge on any atom is 0.105 e. The monoisotopic (exact) mass is 173 g/mol. The second kappa shape index (κ2) is 4.21. The number of quaternary nitrogens is 1. The Kier molecular flexibility index (Phi) is 3.50. The largest absolute Gasteiger partial charge is 0.633 e. The normalized spacial score (nSPS) is 36.8. The van der Waals surface area contributed by atoms with Gasteiger partial charge in [-0.2, -0.15) is 0 Å². The van der Waals surface area contributed by atoms with E-state index in [1.807, 2.05) is 6.92 Å². The summed E-state index contributed by atoms with van der Waals surface area (Å²) < 4.78 is 5.30. The van der Waals surface area contributed by atoms with Gasteiger partial charge in [0.2, 0.25) is 0 Å². The van der Waals surface area contributed by atoms with Gasteiger partial charge in [-0.05, 0) is 13.3 Å². The molecule has 0 amide bonds. The second-order valence-corrected chi connectivity index (χ2v) is 3.72. The molecule has 12 heavy (non-hydrogen) atoms. The average molecular weight is 173 g/mol. The Morgan fingerprint density at radius 2 is 2.33 bits per heavy atom. The zero-order valence-corrected chi connectivity index (χ0v) is 8.08. The highest BCUT2D eigenvalue weighted by molar-refractivity contribution is 4.58. The van der Waals surface area contributed by atoms with Gasteiger partial charge in [-0.25, -0.2) is 0 Å². The number of unbranched alkanes of at least 4 members (excludes halogenated alkanes) is 1. The first-order chi connectivity index (χ1) is 5.66. The van der Waals surface area contributed by atoms with Crippen LogP contribution in [0, 0.1) is 5.21 Å². The van der Waals surface area contributed by atoms with Gasteiger partial charge in [0.1, 0.15) is 19.2 Å². The molecule has 3 heteroatoms. The molecule has 1 aliphatic rings. The van der Waals surface area contributed by atoms with Crippen molar-refractivity contribution < 1.29 is 9.38 Å². The summed E-state index contributed by atoms with van der Waals surface area (Å²) in [6.07, 6.45) is 2.29. The molecule has 0 saturated carbocycles. The molecule has 0 spiro atoms. The highest BCUT2D eigenvalue weighted by atomic mass is 16.6. The standard InChI is InChI=1S/C9H19NO2/c1-3-4-5-10(11)6-7-12-9(2)8-10/h9H,3-8H2,1-2H3. The van der Waals surface area contributed by atoms with Crippen molar-refractivity contribution in [3.63, 3.8) is 0 Å². The van der Waals surface area contributed by atoms with Crippen LogP contribution in [-0.4, -0.2) is 37.0 Å². The maximum atomic E-state index is 11.9. The van der Waals surface area contributed by atoms with Crippen molar-refractivity contribution in [2.24, 2.45) is 0 Å². The van der Waals surface area contributed by atoms with Crippen LogP contribution in [0.4, 0.5) is 0 Å². The van der Waals surface area contributed by atoms with Gasteiger partial charge in [0.15, 0.2) is 0 Å². The molecule has 0 aromatic heterocycles. The molecule has 0 aromatic rings. The summed E-state index contributed by atoms with van der Waals surface area (Å²) in [5, 5.41) is 11.9. The topological polar surface area (TPSA) is 32.3 Å². The second-order valence-electron chi connectivity index (χ2n) is 3.72. The summed E-state index contributed by atoms with van der Waals surface area (Å²) in [5.74, 6) is 0. The molecule has 3 nitrogen and oxygen atoms in total. The number of ether oxygens (including phenoxy) is 1. The van der Waals surface area contributed by atoms with Crippen LogP contribution in [-0.2, 0) is 4.74 Å². The van der Waals surface area contributed by atoms with Crippen LogP contribution in [0.1, 0.15) is 26.7 Å². The lowest BCUT2D eigenvalue weighted by Gasteiger charge is -2.47. The van der Waals surface area contributed by atoms with E-state index in [0.29, 0.717) is 19.7 Å². The van der Waals surface area contributed by atoms with E-state index in [1.165, 1.54) is 0 Å². The van der Waals surface area contributed by atoms with E-state index >= 15 is 0 Å². The molecule has 1 aliphatic heterocycles. The molecule has 0 N–H and O–H groups in total. The summed E-state index contributed by atoms with van der Waals surface area (Å²) >= 11 is 0. The van der Waals surface area contributed by atoms with Crippen molar-refractivity contribution in [1.29, 1.82) is 0 Å². The lowest BCUT2D eigenvalue weighted by molar-refractivity contribution is -0.892. The van der Waals surface area contributed by atoms with Gasteiger partial charge in [-0.15, -0.1) is 0 Å². The summed E-state index contributed by atoms with van der Waals surface area (Å²) in [7, 11) is 0. The maximum absolute atomic E-state index is 11.9. The number of hydroxylamine groups is 3. The minimum atomic E-state index is -0.0327. The molecule has 2 unspecified atom stereocenters. The van der Waals surface area contributed by atoms with E-state index < -0.39 is 0 Å². The van der Waals surface area contributed by atoms with Gasteiger partial charge in [0.05, 0.1) is 13.2 Å². The van der Waals surface area contributed by atoms with Crippen LogP contribution in [0.2, 0.25) is 0 Å². The fraction of sp³-hybridized carbons (Fsp3) is 1.00. The summed E-state index contributed by atoms with van der Waals surface area (Å²) in [6.45, 7) is 6.79. The van der Waals surface area contributed by atoms with Crippen LogP contribution >= 0.6 is 0 Å². The molecule has 0 bridgehead atoms. The summed E-state index contributed by atoms with van der Waals surface area (Å²) in [6, 6.07) is 0. The Morgan fingerprint density at radius 1 is 1.58 bits per heavy atom. The van der Waals surface area contributed by atoms with Gasteiger partial charge in [-0.3, -0.25) is 0 Å². The molecule has 1 saturated heterocycles. The van der Waals surface area contributed by atoms with Crippen LogP contribution in [0.3, 0.4) is 0 Å². The molecular weight excluding hydrogens is 154 g/mol. The minimum Gasteiger partial charge on any atom is -0.633 e. The SMILES string of the molecule is CCCC[N+]1([O-])CCOC(C)C1. The third-order valence-corrected chi connectivity index (χ3v) is 2.41. The van der Waals surface area contributed by atoms with Gasteiger partial charge in [0.25, 0.3) is 0 Å². The molecule has 1 rings (SSSR count). The number of morpholine rings is 1. The fourth-order valence-electron chi connectivity index (χ4n) is 1.68. The zero-order valence-electron chi connectivity index (χ0n) is 8.08. The van der Waals surface area contributed by atoms with Crippen molar-refractivity contribution >= 4 is 0 Å². The van der Waals surface area contributed by atoms with Crippen molar-refractivity contribution in [2.45, 2.75) is 32.8 Å². The number of nitrogens with zero attached hydrogens (tertiary/aromatic N) is 1. The van der Waals surface area contributed by atoms with Crippen molar-refractivity contribution in [2.75, 3.05) is 26.2 Å². The summed E-state index contributed by atoms with van der Waals surface area (Å²) in [4.78, 5) is 0. The first kappa shape index (κ1) is 9.96. The Bertz CT molecular complexity index is 140. The highest BCUT2D eigenvalue weighted by Gasteiger charge is 2.25. The number of rotatable bonds is 3. The van der Waals surface area contributed by atoms with Gasteiger partial charge in [0, 0.05) is 0 Å². The zero-order chi connectivity index (χ0) is 9.03. The third kappa shape index (κ3) is 2.73. The van der Waals surface area contributed by atoms with E-state index in [2.05, 4.69) is 6.92 Å². The lowest BCUT2D eigenvalue weighted by atomic mass is 10.2. The van der Waals surface area contributed by atoms with Crippen molar-refractivity contribution in [1.82, 2.24) is 0 Å². The first-order valence-electron chi connectivity index (χ1n) is 4.85. The van der Waals surface area contributed by atoms with Crippen molar-refractivity contribution in [3.8, 4) is 0 Å². The Hall–Kier alpha value is -0.120. The molecule has 1 heterocycles. The fourth-order valence-corrected chi connectivity index (χ4v) is 1.68. The molecule has 2 atom stereocenters. The van der Waals surface area contributed by atoms with Crippen molar-refractivity contribution in [3.05, 3.63) is 5.21 Å². The van der Waals surface area contributed by atoms with Crippen LogP contribution in [0.25, 0.3) is 0 Å². The predicted molar refractivity (Wildman–Crippen MR) is 48.6 cm³/mol. The van der Waals surface area contributed by atoms with Gasteiger partial charge < -0.3 is 14.6 Å². The minimum absolute atomic E-state index is 0.0327. The third-order valence-electron chi connectivity index (χ3n) is 2.41. The van der Waals surface area contributed by atoms with Crippen LogP contribution < -0.4 is 0 Å². The molecule has 1 fully saturated rings. The Morgan fingerprint density at radius 3 is 2.92 bits per heavy atom. The van der Waals surface area contributed by atoms with E-state index in [9.17, 15) is 5.21 Å². The van der Waals surface area contributed by atoms with Gasteiger partial charge in [-0.1, -0.05) is 13.3 Å². The van der Waals surface area contributed by atoms with E-state index in [-0.39, 0.29) is 10.8 Å². The Balaban J connectivity index is 2.35. The summed E-state index contributed by atoms with van der Waals surface area (Å²) in [5.41, 5.74) is 0. The number of hydrogen-bond acceptors (Lipinski definition) is 2. The number of hydrogen-bond donors (Lipinski definition) is 0. The van der Waals surface area contributed by atoms with E-state index in [1.54, 1.807) is 0 Å². The molecular formula is C9H19NO2. The predicted octanol–water partition coefficient (Wildman–Crippen LogP) is 1.52. The highest BCUT2D eigenvalue weighted by Crippen LogP contribution is 2.14. The molecule has 0 radical (unpaired) electrons. The first-order valence-corrected chi connectivity index (χ1v) is 4.85.